The summed E-state index contributed by atoms with van der Waals surface area (Å²) in [6.45, 7) is 11.6. The number of hydrogen-bond donors (Lipinski definition) is 1. The Balaban J connectivity index is 2.13. The summed E-state index contributed by atoms with van der Waals surface area (Å²) in [6, 6.07) is 7.81. The largest absolute Gasteiger partial charge is 0.481 e. The highest BCUT2D eigenvalue weighted by Crippen LogP contribution is 2.27. The summed E-state index contributed by atoms with van der Waals surface area (Å²) in [6.07, 6.45) is -0.606. The fraction of sp³-hybridized carbons (Fsp3) is 0.350. The lowest BCUT2D eigenvalue weighted by atomic mass is 10.0. The number of nitrogens with one attached hydrogen (secondary N) is 1. The minimum absolute atomic E-state index is 0.171. The first-order valence-electron chi connectivity index (χ1n) is 8.01. The van der Waals surface area contributed by atoms with Crippen LogP contribution in [0.25, 0.3) is 0 Å². The predicted molar refractivity (Wildman–Crippen MR) is 100 cm³/mol. The van der Waals surface area contributed by atoms with Gasteiger partial charge in [0.25, 0.3) is 5.91 Å². The van der Waals surface area contributed by atoms with E-state index in [1.807, 2.05) is 46.8 Å². The fourth-order valence-corrected chi connectivity index (χ4v) is 2.94. The lowest BCUT2D eigenvalue weighted by Gasteiger charge is -2.18. The molecule has 3 nitrogen and oxygen atoms in total. The monoisotopic (exact) mass is 345 g/mol. The highest BCUT2D eigenvalue weighted by atomic mass is 35.5. The first-order chi connectivity index (χ1) is 11.2. The highest BCUT2D eigenvalue weighted by molar-refractivity contribution is 6.32. The average molecular weight is 346 g/mol. The zero-order valence-corrected chi connectivity index (χ0v) is 15.8. The van der Waals surface area contributed by atoms with E-state index in [-0.39, 0.29) is 5.91 Å². The van der Waals surface area contributed by atoms with Crippen LogP contribution in [0.5, 0.6) is 5.75 Å². The predicted octanol–water partition coefficient (Wildman–Crippen LogP) is 5.29. The van der Waals surface area contributed by atoms with Crippen molar-refractivity contribution in [3.8, 4) is 5.75 Å². The van der Waals surface area contributed by atoms with E-state index in [1.54, 1.807) is 6.92 Å². The molecule has 0 radical (unpaired) electrons. The Morgan fingerprint density at radius 3 is 1.96 bits per heavy atom. The van der Waals surface area contributed by atoms with Gasteiger partial charge in [-0.15, -0.1) is 0 Å². The van der Waals surface area contributed by atoms with Gasteiger partial charge in [0.1, 0.15) is 5.75 Å². The molecule has 1 atom stereocenters. The molecule has 0 aliphatic heterocycles. The molecule has 0 aliphatic carbocycles. The number of benzene rings is 2. The summed E-state index contributed by atoms with van der Waals surface area (Å²) < 4.78 is 5.80. The Morgan fingerprint density at radius 2 is 1.46 bits per heavy atom. The normalized spacial score (nSPS) is 12.0. The number of carbonyl (C=O) groups excluding carboxylic acids is 1. The first-order valence-corrected chi connectivity index (χ1v) is 8.39. The molecule has 24 heavy (non-hydrogen) atoms. The van der Waals surface area contributed by atoms with Crippen molar-refractivity contribution in [1.29, 1.82) is 0 Å². The third kappa shape index (κ3) is 4.09. The number of halogens is 1. The number of anilines is 1. The van der Waals surface area contributed by atoms with Crippen LogP contribution < -0.4 is 10.1 Å². The van der Waals surface area contributed by atoms with Gasteiger partial charge in [-0.25, -0.2) is 0 Å². The van der Waals surface area contributed by atoms with Gasteiger partial charge in [0.05, 0.1) is 0 Å². The third-order valence-electron chi connectivity index (χ3n) is 4.02. The Bertz CT molecular complexity index is 737. The van der Waals surface area contributed by atoms with Gasteiger partial charge >= 0.3 is 0 Å². The van der Waals surface area contributed by atoms with Crippen LogP contribution in [-0.2, 0) is 4.79 Å². The second-order valence-corrected chi connectivity index (χ2v) is 6.77. The van der Waals surface area contributed by atoms with E-state index in [1.165, 1.54) is 5.56 Å². The maximum atomic E-state index is 12.5. The minimum atomic E-state index is -0.606. The highest BCUT2D eigenvalue weighted by Gasteiger charge is 2.17. The van der Waals surface area contributed by atoms with Crippen molar-refractivity contribution < 1.29 is 9.53 Å². The van der Waals surface area contributed by atoms with Gasteiger partial charge in [-0.1, -0.05) is 29.3 Å². The zero-order chi connectivity index (χ0) is 18.0. The van der Waals surface area contributed by atoms with E-state index >= 15 is 0 Å². The summed E-state index contributed by atoms with van der Waals surface area (Å²) in [5.41, 5.74) is 6.00. The van der Waals surface area contributed by atoms with E-state index < -0.39 is 6.10 Å². The Hall–Kier alpha value is -2.00. The maximum absolute atomic E-state index is 12.5. The molecule has 1 N–H and O–H groups in total. The molecule has 4 heteroatoms. The molecule has 0 spiro atoms. The van der Waals surface area contributed by atoms with Crippen LogP contribution in [0.15, 0.2) is 24.3 Å². The van der Waals surface area contributed by atoms with Crippen LogP contribution in [0, 0.1) is 34.6 Å². The van der Waals surface area contributed by atoms with Gasteiger partial charge in [-0.2, -0.15) is 0 Å². The quantitative estimate of drug-likeness (QED) is 0.817. The number of rotatable bonds is 4. The maximum Gasteiger partial charge on any atom is 0.265 e. The second kappa shape index (κ2) is 7.27. The molecule has 1 amide bonds. The molecule has 128 valence electrons. The molecule has 2 aromatic rings. The molecule has 2 rings (SSSR count). The van der Waals surface area contributed by atoms with E-state index in [9.17, 15) is 4.79 Å². The third-order valence-corrected chi connectivity index (χ3v) is 4.61. The van der Waals surface area contributed by atoms with Crippen molar-refractivity contribution >= 4 is 23.2 Å². The smallest absolute Gasteiger partial charge is 0.265 e. The van der Waals surface area contributed by atoms with Crippen molar-refractivity contribution in [2.75, 3.05) is 5.32 Å². The summed E-state index contributed by atoms with van der Waals surface area (Å²) in [5.74, 6) is 0.477. The van der Waals surface area contributed by atoms with Gasteiger partial charge in [0.2, 0.25) is 0 Å². The SMILES string of the molecule is Cc1cc(C)c(NC(=O)[C@@H](C)Oc2cc(C)c(Cl)c(C)c2)c(C)c1. The Labute approximate surface area is 149 Å². The number of amides is 1. The van der Waals surface area contributed by atoms with Crippen molar-refractivity contribution in [3.63, 3.8) is 0 Å². The van der Waals surface area contributed by atoms with Gasteiger partial charge in [-0.3, -0.25) is 4.79 Å². The van der Waals surface area contributed by atoms with Crippen LogP contribution in [-0.4, -0.2) is 12.0 Å². The topological polar surface area (TPSA) is 38.3 Å². The molecule has 0 fully saturated rings. The average Bonchev–Trinajstić information content (AvgIpc) is 2.48. The number of carbonyl (C=O) groups is 1. The van der Waals surface area contributed by atoms with Crippen molar-refractivity contribution in [3.05, 3.63) is 57.1 Å². The molecule has 0 saturated heterocycles. The van der Waals surface area contributed by atoms with Crippen LogP contribution in [0.3, 0.4) is 0 Å². The van der Waals surface area contributed by atoms with Crippen molar-refractivity contribution in [2.24, 2.45) is 0 Å². The van der Waals surface area contributed by atoms with Gasteiger partial charge in [-0.05, 0) is 75.9 Å². The van der Waals surface area contributed by atoms with Crippen LogP contribution in [0.4, 0.5) is 5.69 Å². The zero-order valence-electron chi connectivity index (χ0n) is 15.1. The van der Waals surface area contributed by atoms with Crippen LogP contribution in [0.1, 0.15) is 34.7 Å². The first kappa shape index (κ1) is 18.3. The summed E-state index contributed by atoms with van der Waals surface area (Å²) in [4.78, 5) is 12.5. The summed E-state index contributed by atoms with van der Waals surface area (Å²) >= 11 is 6.17. The van der Waals surface area contributed by atoms with E-state index in [2.05, 4.69) is 17.4 Å². The van der Waals surface area contributed by atoms with E-state index in [0.29, 0.717) is 5.75 Å². The molecule has 0 aromatic heterocycles. The molecule has 0 unspecified atom stereocenters. The molecular weight excluding hydrogens is 322 g/mol. The molecule has 2 aromatic carbocycles. The van der Waals surface area contributed by atoms with Gasteiger partial charge < -0.3 is 10.1 Å². The summed E-state index contributed by atoms with van der Waals surface area (Å²) in [5, 5.41) is 3.70. The number of hydrogen-bond acceptors (Lipinski definition) is 2. The Kier molecular flexibility index (Phi) is 5.55. The lowest BCUT2D eigenvalue weighted by Crippen LogP contribution is -2.30. The van der Waals surface area contributed by atoms with Crippen molar-refractivity contribution in [1.82, 2.24) is 0 Å². The molecule has 0 heterocycles. The van der Waals surface area contributed by atoms with E-state index in [0.717, 1.165) is 33.0 Å². The van der Waals surface area contributed by atoms with Gasteiger partial charge in [0, 0.05) is 10.7 Å². The van der Waals surface area contributed by atoms with Crippen molar-refractivity contribution in [2.45, 2.75) is 47.6 Å². The van der Waals surface area contributed by atoms with Gasteiger partial charge in [0.15, 0.2) is 6.10 Å². The minimum Gasteiger partial charge on any atom is -0.481 e. The van der Waals surface area contributed by atoms with E-state index in [4.69, 9.17) is 16.3 Å². The number of ether oxygens (including phenoxy) is 1. The second-order valence-electron chi connectivity index (χ2n) is 6.39. The van der Waals surface area contributed by atoms with Crippen LogP contribution in [0.2, 0.25) is 5.02 Å². The standard InChI is InChI=1S/C20H24ClNO2/c1-11-7-14(4)19(15(5)8-11)22-20(23)16(6)24-17-9-12(2)18(21)13(3)10-17/h7-10,16H,1-6H3,(H,22,23)/t16-/m1/s1. The molecular formula is C20H24ClNO2. The molecule has 0 bridgehead atoms. The molecule has 0 aliphatic rings. The fourth-order valence-electron chi connectivity index (χ4n) is 2.83. The number of aryl methyl sites for hydroxylation is 5. The molecule has 0 saturated carbocycles. The van der Waals surface area contributed by atoms with Crippen LogP contribution >= 0.6 is 11.6 Å². The lowest BCUT2D eigenvalue weighted by molar-refractivity contribution is -0.122. The summed E-state index contributed by atoms with van der Waals surface area (Å²) in [7, 11) is 0. The Morgan fingerprint density at radius 1 is 0.958 bits per heavy atom.